The van der Waals surface area contributed by atoms with E-state index in [1.807, 2.05) is 0 Å². The fourth-order valence-electron chi connectivity index (χ4n) is 1.92. The van der Waals surface area contributed by atoms with Crippen molar-refractivity contribution in [1.29, 1.82) is 0 Å². The van der Waals surface area contributed by atoms with Crippen LogP contribution in [0.15, 0.2) is 4.99 Å². The maximum atomic E-state index is 5.58. The molecule has 0 aromatic carbocycles. The second kappa shape index (κ2) is 6.77. The number of aromatic nitrogens is 3. The molecular formula is C10H19IN6. The molecule has 0 aliphatic carbocycles. The number of hydrogen-bond acceptors (Lipinski definition) is 3. The molecule has 0 fully saturated rings. The summed E-state index contributed by atoms with van der Waals surface area (Å²) in [7, 11) is 1.66. The van der Waals surface area contributed by atoms with E-state index < -0.39 is 0 Å². The zero-order chi connectivity index (χ0) is 11.4. The van der Waals surface area contributed by atoms with Crippen molar-refractivity contribution in [2.45, 2.75) is 38.8 Å². The van der Waals surface area contributed by atoms with E-state index in [0.717, 1.165) is 24.6 Å². The third-order valence-corrected chi connectivity index (χ3v) is 2.85. The number of guanidine groups is 1. The van der Waals surface area contributed by atoms with Gasteiger partial charge in [0.15, 0.2) is 11.8 Å². The summed E-state index contributed by atoms with van der Waals surface area (Å²) in [5, 5.41) is 11.4. The minimum absolute atomic E-state index is 0. The Labute approximate surface area is 118 Å². The Morgan fingerprint density at radius 1 is 1.41 bits per heavy atom. The number of halogens is 1. The zero-order valence-electron chi connectivity index (χ0n) is 10.0. The van der Waals surface area contributed by atoms with Gasteiger partial charge in [-0.15, -0.1) is 34.2 Å². The van der Waals surface area contributed by atoms with Gasteiger partial charge in [0.2, 0.25) is 0 Å². The monoisotopic (exact) mass is 350 g/mol. The van der Waals surface area contributed by atoms with Crippen LogP contribution in [0.25, 0.3) is 0 Å². The molecule has 1 aliphatic rings. The first-order valence-electron chi connectivity index (χ1n) is 5.68. The predicted octanol–water partition coefficient (Wildman–Crippen LogP) is 0.657. The molecule has 0 spiro atoms. The van der Waals surface area contributed by atoms with E-state index in [1.165, 1.54) is 19.3 Å². The van der Waals surface area contributed by atoms with E-state index in [-0.39, 0.29) is 24.0 Å². The van der Waals surface area contributed by atoms with Crippen LogP contribution in [0, 0.1) is 0 Å². The fourth-order valence-corrected chi connectivity index (χ4v) is 1.92. The fraction of sp³-hybridized carbons (Fsp3) is 0.700. The molecule has 2 rings (SSSR count). The molecule has 1 aliphatic heterocycles. The van der Waals surface area contributed by atoms with Crippen LogP contribution in [0.1, 0.15) is 30.9 Å². The summed E-state index contributed by atoms with van der Waals surface area (Å²) in [5.74, 6) is 2.48. The standard InChI is InChI=1S/C10H18N6.HI/c1-12-10(11)13-7-9-15-14-8-5-3-2-4-6-16(8)9;/h2-7H2,1H3,(H3,11,12,13);1H. The first-order chi connectivity index (χ1) is 7.81. The highest BCUT2D eigenvalue weighted by Crippen LogP contribution is 2.14. The Morgan fingerprint density at radius 2 is 2.24 bits per heavy atom. The summed E-state index contributed by atoms with van der Waals surface area (Å²) in [6, 6.07) is 0. The summed E-state index contributed by atoms with van der Waals surface area (Å²) in [6.07, 6.45) is 4.72. The SMILES string of the molecule is CN=C(N)NCc1nnc2n1CCCCC2.I. The Bertz CT molecular complexity index is 386. The molecule has 0 amide bonds. The molecule has 7 heteroatoms. The average molecular weight is 350 g/mol. The third-order valence-electron chi connectivity index (χ3n) is 2.85. The number of rotatable bonds is 2. The van der Waals surface area contributed by atoms with Crippen LogP contribution in [0.3, 0.4) is 0 Å². The Hall–Kier alpha value is -0.860. The Kier molecular flexibility index (Phi) is 5.66. The van der Waals surface area contributed by atoms with Gasteiger partial charge in [-0.05, 0) is 12.8 Å². The maximum absolute atomic E-state index is 5.58. The summed E-state index contributed by atoms with van der Waals surface area (Å²) in [5.41, 5.74) is 5.58. The normalized spacial score (nSPS) is 15.7. The average Bonchev–Trinajstić information content (AvgIpc) is 2.54. The number of hydrogen-bond donors (Lipinski definition) is 2. The van der Waals surface area contributed by atoms with Gasteiger partial charge in [0.05, 0.1) is 6.54 Å². The smallest absolute Gasteiger partial charge is 0.188 e. The van der Waals surface area contributed by atoms with E-state index in [0.29, 0.717) is 12.5 Å². The maximum Gasteiger partial charge on any atom is 0.188 e. The van der Waals surface area contributed by atoms with Gasteiger partial charge in [-0.3, -0.25) is 4.99 Å². The molecule has 6 nitrogen and oxygen atoms in total. The summed E-state index contributed by atoms with van der Waals surface area (Å²) in [6.45, 7) is 1.61. The highest BCUT2D eigenvalue weighted by Gasteiger charge is 2.14. The summed E-state index contributed by atoms with van der Waals surface area (Å²) >= 11 is 0. The summed E-state index contributed by atoms with van der Waals surface area (Å²) in [4.78, 5) is 3.84. The minimum Gasteiger partial charge on any atom is -0.370 e. The van der Waals surface area contributed by atoms with Crippen LogP contribution in [0.2, 0.25) is 0 Å². The van der Waals surface area contributed by atoms with Gasteiger partial charge in [-0.2, -0.15) is 0 Å². The molecule has 96 valence electrons. The molecule has 3 N–H and O–H groups in total. The molecule has 0 atom stereocenters. The van der Waals surface area contributed by atoms with Crippen molar-refractivity contribution in [1.82, 2.24) is 20.1 Å². The Balaban J connectivity index is 0.00000144. The molecule has 1 aromatic heterocycles. The van der Waals surface area contributed by atoms with Gasteiger partial charge in [0.25, 0.3) is 0 Å². The van der Waals surface area contributed by atoms with Crippen LogP contribution < -0.4 is 11.1 Å². The van der Waals surface area contributed by atoms with Gasteiger partial charge in [0, 0.05) is 20.0 Å². The third kappa shape index (κ3) is 3.55. The highest BCUT2D eigenvalue weighted by atomic mass is 127. The number of fused-ring (bicyclic) bond motifs is 1. The second-order valence-electron chi connectivity index (χ2n) is 3.96. The predicted molar refractivity (Wildman–Crippen MR) is 77.4 cm³/mol. The van der Waals surface area contributed by atoms with Gasteiger partial charge in [0.1, 0.15) is 5.82 Å². The lowest BCUT2D eigenvalue weighted by molar-refractivity contribution is 0.598. The number of aliphatic imine (C=N–C) groups is 1. The van der Waals surface area contributed by atoms with E-state index >= 15 is 0 Å². The van der Waals surface area contributed by atoms with Crippen LogP contribution in [0.4, 0.5) is 0 Å². The van der Waals surface area contributed by atoms with Crippen LogP contribution >= 0.6 is 24.0 Å². The number of nitrogens with two attached hydrogens (primary N) is 1. The van der Waals surface area contributed by atoms with Gasteiger partial charge < -0.3 is 15.6 Å². The molecule has 0 radical (unpaired) electrons. The zero-order valence-corrected chi connectivity index (χ0v) is 12.3. The van der Waals surface area contributed by atoms with Crippen LogP contribution in [-0.4, -0.2) is 27.8 Å². The van der Waals surface area contributed by atoms with Crippen molar-refractivity contribution in [3.63, 3.8) is 0 Å². The molecule has 0 unspecified atom stereocenters. The quantitative estimate of drug-likeness (QED) is 0.466. The largest absolute Gasteiger partial charge is 0.370 e. The molecule has 0 saturated heterocycles. The van der Waals surface area contributed by atoms with Gasteiger partial charge >= 0.3 is 0 Å². The van der Waals surface area contributed by atoms with E-state index in [4.69, 9.17) is 5.73 Å². The van der Waals surface area contributed by atoms with E-state index in [2.05, 4.69) is 25.1 Å². The van der Waals surface area contributed by atoms with Crippen molar-refractivity contribution in [2.24, 2.45) is 10.7 Å². The van der Waals surface area contributed by atoms with Gasteiger partial charge in [-0.1, -0.05) is 6.42 Å². The van der Waals surface area contributed by atoms with Crippen LogP contribution in [0.5, 0.6) is 0 Å². The number of nitrogens with one attached hydrogen (secondary N) is 1. The number of nitrogens with zero attached hydrogens (tertiary/aromatic N) is 4. The van der Waals surface area contributed by atoms with Crippen molar-refractivity contribution in [3.8, 4) is 0 Å². The van der Waals surface area contributed by atoms with Gasteiger partial charge in [-0.25, -0.2) is 0 Å². The molecule has 1 aromatic rings. The molecule has 17 heavy (non-hydrogen) atoms. The van der Waals surface area contributed by atoms with Crippen molar-refractivity contribution >= 4 is 29.9 Å². The number of aryl methyl sites for hydroxylation is 1. The van der Waals surface area contributed by atoms with Crippen molar-refractivity contribution in [3.05, 3.63) is 11.6 Å². The lowest BCUT2D eigenvalue weighted by atomic mass is 10.2. The van der Waals surface area contributed by atoms with E-state index in [9.17, 15) is 0 Å². The first-order valence-corrected chi connectivity index (χ1v) is 5.68. The lowest BCUT2D eigenvalue weighted by Crippen LogP contribution is -2.31. The van der Waals surface area contributed by atoms with E-state index in [1.54, 1.807) is 7.05 Å². The summed E-state index contributed by atoms with van der Waals surface area (Å²) < 4.78 is 2.20. The Morgan fingerprint density at radius 3 is 3.00 bits per heavy atom. The molecule has 0 bridgehead atoms. The molecule has 0 saturated carbocycles. The van der Waals surface area contributed by atoms with Crippen molar-refractivity contribution < 1.29 is 0 Å². The topological polar surface area (TPSA) is 81.1 Å². The highest BCUT2D eigenvalue weighted by molar-refractivity contribution is 14.0. The molecule has 2 heterocycles. The van der Waals surface area contributed by atoms with Crippen molar-refractivity contribution in [2.75, 3.05) is 7.05 Å². The molecular weight excluding hydrogens is 331 g/mol. The minimum atomic E-state index is 0. The lowest BCUT2D eigenvalue weighted by Gasteiger charge is -2.07. The van der Waals surface area contributed by atoms with Crippen LogP contribution in [-0.2, 0) is 19.5 Å². The second-order valence-corrected chi connectivity index (χ2v) is 3.96. The first kappa shape index (κ1) is 14.2.